The quantitative estimate of drug-likeness (QED) is 0.635. The van der Waals surface area contributed by atoms with Crippen LogP contribution in [0.3, 0.4) is 0 Å². The number of allylic oxidation sites excluding steroid dienone is 1. The van der Waals surface area contributed by atoms with E-state index < -0.39 is 6.08 Å². The normalized spacial score (nSPS) is 10.1. The molecule has 0 radical (unpaired) electrons. The predicted octanol–water partition coefficient (Wildman–Crippen LogP) is 1.74. The molecule has 0 atom stereocenters. The lowest BCUT2D eigenvalue weighted by Gasteiger charge is -1.97. The number of halogens is 2. The summed E-state index contributed by atoms with van der Waals surface area (Å²) in [5.41, 5.74) is -0.0197. The first-order chi connectivity index (χ1) is 7.09. The van der Waals surface area contributed by atoms with E-state index >= 15 is 0 Å². The molecule has 1 rings (SSSR count). The molecule has 1 aromatic heterocycles. The number of nitrogens with zero attached hydrogens (tertiary/aromatic N) is 2. The lowest BCUT2D eigenvalue weighted by molar-refractivity contribution is 0.418. The Balaban J connectivity index is 2.48. The molecule has 0 amide bonds. The van der Waals surface area contributed by atoms with Crippen molar-refractivity contribution in [1.29, 1.82) is 0 Å². The summed E-state index contributed by atoms with van der Waals surface area (Å²) >= 11 is 1.18. The molecule has 4 nitrogen and oxygen atoms in total. The van der Waals surface area contributed by atoms with Crippen LogP contribution in [0.1, 0.15) is 12.1 Å². The van der Waals surface area contributed by atoms with Gasteiger partial charge in [-0.05, 0) is 19.4 Å². The summed E-state index contributed by atoms with van der Waals surface area (Å²) in [7, 11) is 0. The molecule has 15 heavy (non-hydrogen) atoms. The summed E-state index contributed by atoms with van der Waals surface area (Å²) in [5, 5.41) is 7.66. The molecule has 1 N–H and O–H groups in total. The Bertz CT molecular complexity index is 415. The average Bonchev–Trinajstić information content (AvgIpc) is 2.18. The summed E-state index contributed by atoms with van der Waals surface area (Å²) in [5.74, 6) is 0.422. The fourth-order valence-electron chi connectivity index (χ4n) is 0.767. The molecule has 0 saturated heterocycles. The number of aromatic nitrogens is 3. The van der Waals surface area contributed by atoms with Crippen LogP contribution in [0, 0.1) is 6.92 Å². The van der Waals surface area contributed by atoms with Gasteiger partial charge in [-0.1, -0.05) is 11.8 Å². The van der Waals surface area contributed by atoms with Gasteiger partial charge in [0.15, 0.2) is 5.16 Å². The van der Waals surface area contributed by atoms with Crippen LogP contribution >= 0.6 is 11.8 Å². The van der Waals surface area contributed by atoms with E-state index in [1.54, 1.807) is 6.92 Å². The Morgan fingerprint density at radius 1 is 1.53 bits per heavy atom. The SMILES string of the molecule is Cc1nnc(SCCC=C(F)F)[nH]c1=O. The molecule has 7 heteroatoms. The summed E-state index contributed by atoms with van der Waals surface area (Å²) in [6, 6.07) is 0. The molecule has 82 valence electrons. The highest BCUT2D eigenvalue weighted by Crippen LogP contribution is 2.12. The first kappa shape index (κ1) is 11.8. The monoisotopic (exact) mass is 233 g/mol. The molecule has 0 fully saturated rings. The van der Waals surface area contributed by atoms with E-state index in [0.717, 1.165) is 6.08 Å². The van der Waals surface area contributed by atoms with Gasteiger partial charge < -0.3 is 0 Å². The minimum absolute atomic E-state index is 0.227. The predicted molar refractivity (Wildman–Crippen MR) is 53.0 cm³/mol. The molecule has 0 unspecified atom stereocenters. The van der Waals surface area contributed by atoms with Crippen molar-refractivity contribution >= 4 is 11.8 Å². The Hall–Kier alpha value is -1.24. The Morgan fingerprint density at radius 3 is 2.87 bits per heavy atom. The Labute approximate surface area is 88.8 Å². The van der Waals surface area contributed by atoms with Gasteiger partial charge in [0.25, 0.3) is 11.6 Å². The highest BCUT2D eigenvalue weighted by atomic mass is 32.2. The van der Waals surface area contributed by atoms with Crippen LogP contribution in [0.15, 0.2) is 22.1 Å². The maximum atomic E-state index is 11.6. The number of aromatic amines is 1. The molecule has 1 aromatic rings. The van der Waals surface area contributed by atoms with Gasteiger partial charge in [0.1, 0.15) is 5.69 Å². The van der Waals surface area contributed by atoms with Gasteiger partial charge in [-0.2, -0.15) is 8.78 Å². The van der Waals surface area contributed by atoms with Crippen molar-refractivity contribution in [3.63, 3.8) is 0 Å². The first-order valence-electron chi connectivity index (χ1n) is 4.17. The van der Waals surface area contributed by atoms with E-state index in [1.165, 1.54) is 11.8 Å². The van der Waals surface area contributed by atoms with Crippen LogP contribution in [-0.2, 0) is 0 Å². The van der Waals surface area contributed by atoms with Crippen molar-refractivity contribution in [3.05, 3.63) is 28.2 Å². The lowest BCUT2D eigenvalue weighted by atomic mass is 10.5. The Morgan fingerprint density at radius 2 is 2.27 bits per heavy atom. The van der Waals surface area contributed by atoms with Crippen molar-refractivity contribution < 1.29 is 8.78 Å². The minimum Gasteiger partial charge on any atom is -0.298 e. The van der Waals surface area contributed by atoms with E-state index in [0.29, 0.717) is 10.9 Å². The van der Waals surface area contributed by atoms with Gasteiger partial charge in [-0.15, -0.1) is 10.2 Å². The van der Waals surface area contributed by atoms with Crippen LogP contribution in [0.4, 0.5) is 8.78 Å². The zero-order chi connectivity index (χ0) is 11.3. The third-order valence-electron chi connectivity index (χ3n) is 1.50. The van der Waals surface area contributed by atoms with E-state index in [4.69, 9.17) is 0 Å². The lowest BCUT2D eigenvalue weighted by Crippen LogP contribution is -2.14. The van der Waals surface area contributed by atoms with Crippen LogP contribution in [0.5, 0.6) is 0 Å². The topological polar surface area (TPSA) is 58.6 Å². The summed E-state index contributed by atoms with van der Waals surface area (Å²) in [6.45, 7) is 1.54. The number of thioether (sulfide) groups is 1. The molecule has 1 heterocycles. The van der Waals surface area contributed by atoms with Crippen LogP contribution in [-0.4, -0.2) is 20.9 Å². The number of nitrogens with one attached hydrogen (secondary N) is 1. The molecule has 0 aliphatic rings. The van der Waals surface area contributed by atoms with Gasteiger partial charge in [-0.3, -0.25) is 9.78 Å². The second-order valence-corrected chi connectivity index (χ2v) is 3.76. The fourth-order valence-corrected chi connectivity index (χ4v) is 1.46. The molecule has 0 saturated carbocycles. The summed E-state index contributed by atoms with van der Waals surface area (Å²) in [6.07, 6.45) is -0.642. The molecular formula is C8H9F2N3OS. The smallest absolute Gasteiger partial charge is 0.273 e. The zero-order valence-electron chi connectivity index (χ0n) is 7.96. The molecule has 0 aliphatic heterocycles. The van der Waals surface area contributed by atoms with Crippen molar-refractivity contribution in [2.24, 2.45) is 0 Å². The largest absolute Gasteiger partial charge is 0.298 e. The summed E-state index contributed by atoms with van der Waals surface area (Å²) in [4.78, 5) is 13.6. The maximum absolute atomic E-state index is 11.6. The number of H-pyrrole nitrogens is 1. The second kappa shape index (κ2) is 5.59. The standard InChI is InChI=1S/C8H9F2N3OS/c1-5-7(14)11-8(13-12-5)15-4-2-3-6(9)10/h3H,2,4H2,1H3,(H,11,13,14). The highest BCUT2D eigenvalue weighted by Gasteiger charge is 2.00. The Kier molecular flexibility index (Phi) is 4.41. The number of aryl methyl sites for hydroxylation is 1. The zero-order valence-corrected chi connectivity index (χ0v) is 8.77. The van der Waals surface area contributed by atoms with Crippen molar-refractivity contribution in [1.82, 2.24) is 15.2 Å². The number of rotatable bonds is 4. The van der Waals surface area contributed by atoms with Gasteiger partial charge in [-0.25, -0.2) is 0 Å². The summed E-state index contributed by atoms with van der Waals surface area (Å²) < 4.78 is 23.3. The number of hydrogen-bond acceptors (Lipinski definition) is 4. The van der Waals surface area contributed by atoms with E-state index in [1.807, 2.05) is 0 Å². The van der Waals surface area contributed by atoms with Crippen LogP contribution < -0.4 is 5.56 Å². The molecule has 0 aromatic carbocycles. The average molecular weight is 233 g/mol. The third kappa shape index (κ3) is 4.20. The van der Waals surface area contributed by atoms with Crippen LogP contribution in [0.25, 0.3) is 0 Å². The fraction of sp³-hybridized carbons (Fsp3) is 0.375. The van der Waals surface area contributed by atoms with Crippen molar-refractivity contribution in [2.45, 2.75) is 18.5 Å². The molecule has 0 spiro atoms. The second-order valence-electron chi connectivity index (χ2n) is 2.68. The van der Waals surface area contributed by atoms with Gasteiger partial charge in [0.2, 0.25) is 0 Å². The van der Waals surface area contributed by atoms with Crippen LogP contribution in [0.2, 0.25) is 0 Å². The maximum Gasteiger partial charge on any atom is 0.273 e. The minimum atomic E-state index is -1.70. The van der Waals surface area contributed by atoms with Gasteiger partial charge in [0, 0.05) is 5.75 Å². The molecule has 0 aliphatic carbocycles. The molecule has 0 bridgehead atoms. The van der Waals surface area contributed by atoms with Crippen molar-refractivity contribution in [3.8, 4) is 0 Å². The van der Waals surface area contributed by atoms with E-state index in [9.17, 15) is 13.6 Å². The molecular weight excluding hydrogens is 224 g/mol. The third-order valence-corrected chi connectivity index (χ3v) is 2.39. The van der Waals surface area contributed by atoms with Gasteiger partial charge in [0.05, 0.1) is 0 Å². The highest BCUT2D eigenvalue weighted by molar-refractivity contribution is 7.99. The van der Waals surface area contributed by atoms with E-state index in [2.05, 4.69) is 15.2 Å². The van der Waals surface area contributed by atoms with E-state index in [-0.39, 0.29) is 17.7 Å². The van der Waals surface area contributed by atoms with Crippen molar-refractivity contribution in [2.75, 3.05) is 5.75 Å². The first-order valence-corrected chi connectivity index (χ1v) is 5.15. The number of hydrogen-bond donors (Lipinski definition) is 1. The van der Waals surface area contributed by atoms with Gasteiger partial charge >= 0.3 is 0 Å².